The number of hydrogen-bond acceptors (Lipinski definition) is 5. The molecular formula is C10H18N4O. The molecule has 0 aromatic carbocycles. The van der Waals surface area contributed by atoms with Gasteiger partial charge in [-0.3, -0.25) is 0 Å². The molecule has 0 radical (unpaired) electrons. The summed E-state index contributed by atoms with van der Waals surface area (Å²) in [5, 5.41) is 15.0. The molecule has 0 unspecified atom stereocenters. The highest BCUT2D eigenvalue weighted by Gasteiger charge is 2.04. The van der Waals surface area contributed by atoms with Crippen molar-refractivity contribution in [3.8, 4) is 0 Å². The molecule has 0 saturated heterocycles. The average molecular weight is 210 g/mol. The third-order valence-corrected chi connectivity index (χ3v) is 2.06. The molecule has 3 N–H and O–H groups in total. The first-order chi connectivity index (χ1) is 7.29. The Hall–Kier alpha value is -1.36. The number of hydrogen-bond donors (Lipinski definition) is 3. The number of aliphatic hydroxyl groups excluding tert-OH is 1. The molecule has 5 nitrogen and oxygen atoms in total. The Morgan fingerprint density at radius 1 is 1.27 bits per heavy atom. The molecule has 0 amide bonds. The summed E-state index contributed by atoms with van der Waals surface area (Å²) in [5.74, 6) is 1.69. The standard InChI is InChI=1S/C10H18N4O/c1-3-11-9-8(2)10(14-7-13-9)12-5-4-6-15/h7,15H,3-6H2,1-2H3,(H2,11,12,13,14). The SMILES string of the molecule is CCNc1ncnc(NCCCO)c1C. The second-order valence-corrected chi connectivity index (χ2v) is 3.23. The van der Waals surface area contributed by atoms with Gasteiger partial charge in [-0.15, -0.1) is 0 Å². The van der Waals surface area contributed by atoms with Crippen LogP contribution >= 0.6 is 0 Å². The van der Waals surface area contributed by atoms with Gasteiger partial charge in [-0.05, 0) is 20.3 Å². The van der Waals surface area contributed by atoms with Gasteiger partial charge >= 0.3 is 0 Å². The lowest BCUT2D eigenvalue weighted by molar-refractivity contribution is 0.292. The Morgan fingerprint density at radius 2 is 1.93 bits per heavy atom. The Balaban J connectivity index is 2.66. The summed E-state index contributed by atoms with van der Waals surface area (Å²) in [5.41, 5.74) is 1.01. The van der Waals surface area contributed by atoms with Crippen LogP contribution in [0.4, 0.5) is 11.6 Å². The van der Waals surface area contributed by atoms with Crippen LogP contribution in [-0.2, 0) is 0 Å². The Kier molecular flexibility index (Phi) is 4.83. The van der Waals surface area contributed by atoms with Gasteiger partial charge in [0.25, 0.3) is 0 Å². The van der Waals surface area contributed by atoms with Gasteiger partial charge in [0.1, 0.15) is 18.0 Å². The van der Waals surface area contributed by atoms with Crippen LogP contribution in [0, 0.1) is 6.92 Å². The van der Waals surface area contributed by atoms with Crippen LogP contribution in [0.2, 0.25) is 0 Å². The van der Waals surface area contributed by atoms with Gasteiger partial charge in [0.05, 0.1) is 0 Å². The second kappa shape index (κ2) is 6.19. The van der Waals surface area contributed by atoms with E-state index in [1.807, 2.05) is 13.8 Å². The molecule has 0 spiro atoms. The van der Waals surface area contributed by atoms with Crippen LogP contribution in [0.15, 0.2) is 6.33 Å². The van der Waals surface area contributed by atoms with Gasteiger partial charge in [-0.25, -0.2) is 9.97 Å². The molecule has 15 heavy (non-hydrogen) atoms. The molecule has 84 valence electrons. The molecule has 0 bridgehead atoms. The third kappa shape index (κ3) is 3.36. The van der Waals surface area contributed by atoms with E-state index in [0.717, 1.165) is 36.7 Å². The molecule has 5 heteroatoms. The molecule has 0 saturated carbocycles. The number of aliphatic hydroxyl groups is 1. The van der Waals surface area contributed by atoms with Crippen LogP contribution < -0.4 is 10.6 Å². The Morgan fingerprint density at radius 3 is 2.53 bits per heavy atom. The molecular weight excluding hydrogens is 192 g/mol. The van der Waals surface area contributed by atoms with Crippen LogP contribution in [0.3, 0.4) is 0 Å². The van der Waals surface area contributed by atoms with Crippen LogP contribution in [0.25, 0.3) is 0 Å². The van der Waals surface area contributed by atoms with Crippen molar-refractivity contribution in [2.75, 3.05) is 30.3 Å². The molecule has 1 heterocycles. The predicted octanol–water partition coefficient (Wildman–Crippen LogP) is 1.01. The summed E-state index contributed by atoms with van der Waals surface area (Å²) >= 11 is 0. The van der Waals surface area contributed by atoms with E-state index in [4.69, 9.17) is 5.11 Å². The van der Waals surface area contributed by atoms with Crippen molar-refractivity contribution in [3.63, 3.8) is 0 Å². The molecule has 0 fully saturated rings. The number of nitrogens with one attached hydrogen (secondary N) is 2. The van der Waals surface area contributed by atoms with Gasteiger partial charge in [0, 0.05) is 25.3 Å². The van der Waals surface area contributed by atoms with Gasteiger partial charge < -0.3 is 15.7 Å². The summed E-state index contributed by atoms with van der Waals surface area (Å²) in [6.07, 6.45) is 2.26. The summed E-state index contributed by atoms with van der Waals surface area (Å²) < 4.78 is 0. The summed E-state index contributed by atoms with van der Waals surface area (Å²) in [4.78, 5) is 8.29. The van der Waals surface area contributed by atoms with Gasteiger partial charge in [0.2, 0.25) is 0 Å². The van der Waals surface area contributed by atoms with Crippen molar-refractivity contribution in [2.24, 2.45) is 0 Å². The Labute approximate surface area is 90.0 Å². The number of anilines is 2. The highest BCUT2D eigenvalue weighted by atomic mass is 16.3. The fourth-order valence-corrected chi connectivity index (χ4v) is 1.26. The fraction of sp³-hybridized carbons (Fsp3) is 0.600. The summed E-state index contributed by atoms with van der Waals surface area (Å²) in [7, 11) is 0. The zero-order valence-electron chi connectivity index (χ0n) is 9.25. The van der Waals surface area contributed by atoms with E-state index in [0.29, 0.717) is 0 Å². The van der Waals surface area contributed by atoms with E-state index >= 15 is 0 Å². The predicted molar refractivity (Wildman–Crippen MR) is 61.1 cm³/mol. The number of nitrogens with zero attached hydrogens (tertiary/aromatic N) is 2. The maximum Gasteiger partial charge on any atom is 0.134 e. The molecule has 0 aliphatic rings. The van der Waals surface area contributed by atoms with E-state index in [9.17, 15) is 0 Å². The minimum atomic E-state index is 0.192. The zero-order chi connectivity index (χ0) is 11.1. The van der Waals surface area contributed by atoms with Crippen LogP contribution in [0.1, 0.15) is 18.9 Å². The highest BCUT2D eigenvalue weighted by molar-refractivity contribution is 5.56. The van der Waals surface area contributed by atoms with Crippen molar-refractivity contribution in [1.82, 2.24) is 9.97 Å². The number of rotatable bonds is 6. The van der Waals surface area contributed by atoms with Crippen LogP contribution in [0.5, 0.6) is 0 Å². The van der Waals surface area contributed by atoms with Crippen molar-refractivity contribution in [2.45, 2.75) is 20.3 Å². The van der Waals surface area contributed by atoms with Crippen molar-refractivity contribution >= 4 is 11.6 Å². The first kappa shape index (κ1) is 11.7. The average Bonchev–Trinajstić information content (AvgIpc) is 2.24. The third-order valence-electron chi connectivity index (χ3n) is 2.06. The lowest BCUT2D eigenvalue weighted by Gasteiger charge is -2.11. The van der Waals surface area contributed by atoms with E-state index < -0.39 is 0 Å². The zero-order valence-corrected chi connectivity index (χ0v) is 9.25. The second-order valence-electron chi connectivity index (χ2n) is 3.23. The van der Waals surface area contributed by atoms with E-state index in [1.165, 1.54) is 6.33 Å². The lowest BCUT2D eigenvalue weighted by Crippen LogP contribution is -2.09. The topological polar surface area (TPSA) is 70.1 Å². The van der Waals surface area contributed by atoms with Crippen molar-refractivity contribution in [1.29, 1.82) is 0 Å². The largest absolute Gasteiger partial charge is 0.396 e. The Bertz CT molecular complexity index is 303. The van der Waals surface area contributed by atoms with Gasteiger partial charge in [-0.1, -0.05) is 0 Å². The van der Waals surface area contributed by atoms with E-state index in [-0.39, 0.29) is 6.61 Å². The normalized spacial score (nSPS) is 10.1. The minimum absolute atomic E-state index is 0.192. The minimum Gasteiger partial charge on any atom is -0.396 e. The maximum atomic E-state index is 8.67. The molecule has 1 aromatic rings. The molecule has 1 aromatic heterocycles. The molecule has 1 rings (SSSR count). The first-order valence-electron chi connectivity index (χ1n) is 5.19. The fourth-order valence-electron chi connectivity index (χ4n) is 1.26. The van der Waals surface area contributed by atoms with E-state index in [2.05, 4.69) is 20.6 Å². The summed E-state index contributed by atoms with van der Waals surface area (Å²) in [6.45, 7) is 5.75. The smallest absolute Gasteiger partial charge is 0.134 e. The number of aromatic nitrogens is 2. The van der Waals surface area contributed by atoms with Crippen LogP contribution in [-0.4, -0.2) is 34.8 Å². The quantitative estimate of drug-likeness (QED) is 0.611. The first-order valence-corrected chi connectivity index (χ1v) is 5.19. The maximum absolute atomic E-state index is 8.67. The monoisotopic (exact) mass is 210 g/mol. The highest BCUT2D eigenvalue weighted by Crippen LogP contribution is 2.17. The molecule has 0 aliphatic heterocycles. The summed E-state index contributed by atoms with van der Waals surface area (Å²) in [6, 6.07) is 0. The lowest BCUT2D eigenvalue weighted by atomic mass is 10.3. The van der Waals surface area contributed by atoms with Crippen molar-refractivity contribution < 1.29 is 5.11 Å². The molecule has 0 aliphatic carbocycles. The molecule has 0 atom stereocenters. The van der Waals surface area contributed by atoms with Gasteiger partial charge in [-0.2, -0.15) is 0 Å². The van der Waals surface area contributed by atoms with Crippen molar-refractivity contribution in [3.05, 3.63) is 11.9 Å². The van der Waals surface area contributed by atoms with E-state index in [1.54, 1.807) is 0 Å². The van der Waals surface area contributed by atoms with Gasteiger partial charge in [0.15, 0.2) is 0 Å².